The van der Waals surface area contributed by atoms with Crippen molar-refractivity contribution in [2.24, 2.45) is 11.1 Å². The van der Waals surface area contributed by atoms with E-state index in [1.165, 1.54) is 17.4 Å². The zero-order chi connectivity index (χ0) is 15.8. The molecule has 0 saturated carbocycles. The highest BCUT2D eigenvalue weighted by molar-refractivity contribution is 7.14. The molecule has 0 radical (unpaired) electrons. The lowest BCUT2D eigenvalue weighted by molar-refractivity contribution is -0.0500. The number of hydrogen-bond donors (Lipinski definition) is 1. The Morgan fingerprint density at radius 1 is 1.55 bits per heavy atom. The van der Waals surface area contributed by atoms with Gasteiger partial charge in [-0.05, 0) is 24.8 Å². The van der Waals surface area contributed by atoms with Crippen LogP contribution in [0.15, 0.2) is 6.07 Å². The molecule has 8 heteroatoms. The molecule has 1 unspecified atom stereocenters. The van der Waals surface area contributed by atoms with Crippen molar-refractivity contribution in [1.82, 2.24) is 4.90 Å². The van der Waals surface area contributed by atoms with Gasteiger partial charge < -0.3 is 15.4 Å². The number of thiophene rings is 1. The van der Waals surface area contributed by atoms with Crippen LogP contribution in [0.25, 0.3) is 0 Å². The van der Waals surface area contributed by atoms with Gasteiger partial charge in [-0.15, -0.1) is 23.7 Å². The average Bonchev–Trinajstić information content (AvgIpc) is 2.71. The van der Waals surface area contributed by atoms with Crippen LogP contribution in [0, 0.1) is 12.3 Å². The van der Waals surface area contributed by atoms with Crippen molar-refractivity contribution in [1.29, 1.82) is 0 Å². The minimum absolute atomic E-state index is 0. The van der Waals surface area contributed by atoms with Crippen molar-refractivity contribution in [3.05, 3.63) is 15.8 Å². The number of carbonyl (C=O) groups is 1. The van der Waals surface area contributed by atoms with Gasteiger partial charge in [0, 0.05) is 24.0 Å². The minimum Gasteiger partial charge on any atom is -0.433 e. The third-order valence-electron chi connectivity index (χ3n) is 3.83. The Morgan fingerprint density at radius 2 is 2.18 bits per heavy atom. The van der Waals surface area contributed by atoms with Crippen LogP contribution >= 0.6 is 23.7 Å². The number of ether oxygens (including phenoxy) is 1. The smallest absolute Gasteiger partial charge is 0.387 e. The number of nitrogens with two attached hydrogens (primary N) is 1. The molecular weight excluding hydrogens is 334 g/mol. The molecule has 1 aliphatic rings. The maximum Gasteiger partial charge on any atom is 0.387 e. The first-order chi connectivity index (χ1) is 9.70. The summed E-state index contributed by atoms with van der Waals surface area (Å²) in [6, 6.07) is 1.51. The predicted molar refractivity (Wildman–Crippen MR) is 85.2 cm³/mol. The first-order valence-corrected chi connectivity index (χ1v) is 7.62. The first kappa shape index (κ1) is 19.1. The fourth-order valence-electron chi connectivity index (χ4n) is 2.51. The van der Waals surface area contributed by atoms with Gasteiger partial charge in [-0.2, -0.15) is 8.78 Å². The quantitative estimate of drug-likeness (QED) is 0.906. The number of piperidine rings is 1. The molecule has 1 aromatic heterocycles. The van der Waals surface area contributed by atoms with E-state index in [4.69, 9.17) is 5.73 Å². The number of aryl methyl sites for hydroxylation is 1. The Balaban J connectivity index is 0.00000242. The van der Waals surface area contributed by atoms with E-state index < -0.39 is 6.61 Å². The zero-order valence-electron chi connectivity index (χ0n) is 12.8. The molecule has 0 aromatic carbocycles. The van der Waals surface area contributed by atoms with Gasteiger partial charge in [0.05, 0.1) is 0 Å². The van der Waals surface area contributed by atoms with Crippen molar-refractivity contribution in [2.45, 2.75) is 39.8 Å². The average molecular weight is 355 g/mol. The van der Waals surface area contributed by atoms with Crippen LogP contribution in [0.1, 0.15) is 34.8 Å². The summed E-state index contributed by atoms with van der Waals surface area (Å²) in [5.41, 5.74) is 5.86. The Kier molecular flexibility index (Phi) is 6.18. The van der Waals surface area contributed by atoms with Gasteiger partial charge >= 0.3 is 6.61 Å². The number of hydrogen-bond acceptors (Lipinski definition) is 4. The van der Waals surface area contributed by atoms with E-state index >= 15 is 0 Å². The maximum atomic E-state index is 12.6. The maximum absolute atomic E-state index is 12.6. The first-order valence-electron chi connectivity index (χ1n) is 6.81. The molecule has 1 saturated heterocycles. The van der Waals surface area contributed by atoms with E-state index in [0.29, 0.717) is 19.5 Å². The SMILES string of the molecule is Cc1cc(OC(F)F)c(C(=O)N2CCC(N)C(C)(C)C2)s1.Cl. The van der Waals surface area contributed by atoms with Gasteiger partial charge in [-0.25, -0.2) is 0 Å². The van der Waals surface area contributed by atoms with Crippen molar-refractivity contribution in [3.63, 3.8) is 0 Å². The summed E-state index contributed by atoms with van der Waals surface area (Å²) in [6.07, 6.45) is 0.703. The third-order valence-corrected chi connectivity index (χ3v) is 4.85. The molecule has 1 atom stereocenters. The van der Waals surface area contributed by atoms with Crippen molar-refractivity contribution < 1.29 is 18.3 Å². The Hall–Kier alpha value is -0.920. The number of amides is 1. The molecule has 1 aliphatic heterocycles. The van der Waals surface area contributed by atoms with Crippen LogP contribution in [0.4, 0.5) is 8.78 Å². The standard InChI is InChI=1S/C14H20F2N2O2S.ClH/c1-8-6-9(20-13(15)16)11(21-8)12(19)18-5-4-10(17)14(2,3)7-18;/h6,10,13H,4-5,7,17H2,1-3H3;1H. The summed E-state index contributed by atoms with van der Waals surface area (Å²) < 4.78 is 29.3. The Labute approximate surface area is 139 Å². The van der Waals surface area contributed by atoms with E-state index in [1.54, 1.807) is 11.8 Å². The minimum atomic E-state index is -2.93. The molecule has 2 rings (SSSR count). The highest BCUT2D eigenvalue weighted by Crippen LogP contribution is 2.34. The lowest BCUT2D eigenvalue weighted by atomic mass is 9.79. The summed E-state index contributed by atoms with van der Waals surface area (Å²) in [6.45, 7) is 3.89. The highest BCUT2D eigenvalue weighted by atomic mass is 35.5. The molecule has 0 spiro atoms. The van der Waals surface area contributed by atoms with E-state index in [-0.39, 0.29) is 40.4 Å². The van der Waals surface area contributed by atoms with Crippen LogP contribution < -0.4 is 10.5 Å². The summed E-state index contributed by atoms with van der Waals surface area (Å²) >= 11 is 1.18. The van der Waals surface area contributed by atoms with Gasteiger partial charge in [0.1, 0.15) is 10.6 Å². The van der Waals surface area contributed by atoms with E-state index in [1.807, 2.05) is 13.8 Å². The molecule has 1 fully saturated rings. The molecule has 4 nitrogen and oxygen atoms in total. The van der Waals surface area contributed by atoms with Crippen LogP contribution in [0.3, 0.4) is 0 Å². The van der Waals surface area contributed by atoms with Gasteiger partial charge in [0.2, 0.25) is 0 Å². The summed E-state index contributed by atoms with van der Waals surface area (Å²) in [5, 5.41) is 0. The summed E-state index contributed by atoms with van der Waals surface area (Å²) in [4.78, 5) is 15.3. The fraction of sp³-hybridized carbons (Fsp3) is 0.643. The third kappa shape index (κ3) is 4.08. The van der Waals surface area contributed by atoms with Crippen molar-refractivity contribution in [2.75, 3.05) is 13.1 Å². The second-order valence-electron chi connectivity index (χ2n) is 6.04. The van der Waals surface area contributed by atoms with Gasteiger partial charge in [0.25, 0.3) is 5.91 Å². The van der Waals surface area contributed by atoms with Crippen molar-refractivity contribution >= 4 is 29.7 Å². The Morgan fingerprint density at radius 3 is 2.73 bits per heavy atom. The zero-order valence-corrected chi connectivity index (χ0v) is 14.4. The monoisotopic (exact) mass is 354 g/mol. The van der Waals surface area contributed by atoms with E-state index in [2.05, 4.69) is 4.74 Å². The Bertz CT molecular complexity index is 537. The van der Waals surface area contributed by atoms with Gasteiger partial charge in [0.15, 0.2) is 0 Å². The molecule has 2 heterocycles. The summed E-state index contributed by atoms with van der Waals surface area (Å²) in [5.74, 6) is -0.297. The van der Waals surface area contributed by atoms with Crippen LogP contribution in [-0.2, 0) is 0 Å². The highest BCUT2D eigenvalue weighted by Gasteiger charge is 2.36. The van der Waals surface area contributed by atoms with Gasteiger partial charge in [-0.1, -0.05) is 13.8 Å². The number of nitrogens with zero attached hydrogens (tertiary/aromatic N) is 1. The summed E-state index contributed by atoms with van der Waals surface area (Å²) in [7, 11) is 0. The largest absolute Gasteiger partial charge is 0.433 e. The normalized spacial score (nSPS) is 20.7. The lowest BCUT2D eigenvalue weighted by Gasteiger charge is -2.42. The van der Waals surface area contributed by atoms with Crippen LogP contribution in [0.5, 0.6) is 5.75 Å². The van der Waals surface area contributed by atoms with Crippen LogP contribution in [0.2, 0.25) is 0 Å². The molecule has 0 aliphatic carbocycles. The molecular formula is C14H21ClF2N2O2S. The predicted octanol–water partition coefficient (Wildman–Crippen LogP) is 3.28. The number of likely N-dealkylation sites (tertiary alicyclic amines) is 1. The lowest BCUT2D eigenvalue weighted by Crippen LogP contribution is -2.53. The number of halogens is 3. The van der Waals surface area contributed by atoms with E-state index in [9.17, 15) is 13.6 Å². The topological polar surface area (TPSA) is 55.6 Å². The fourth-order valence-corrected chi connectivity index (χ4v) is 3.43. The van der Waals surface area contributed by atoms with Crippen LogP contribution in [-0.4, -0.2) is 36.5 Å². The van der Waals surface area contributed by atoms with Crippen molar-refractivity contribution in [3.8, 4) is 5.75 Å². The molecule has 0 bridgehead atoms. The second-order valence-corrected chi connectivity index (χ2v) is 7.30. The number of alkyl halides is 2. The second kappa shape index (κ2) is 7.10. The molecule has 1 aromatic rings. The number of rotatable bonds is 3. The molecule has 1 amide bonds. The van der Waals surface area contributed by atoms with E-state index in [0.717, 1.165) is 4.88 Å². The van der Waals surface area contributed by atoms with Gasteiger partial charge in [-0.3, -0.25) is 4.79 Å². The molecule has 22 heavy (non-hydrogen) atoms. The number of carbonyl (C=O) groups excluding carboxylic acids is 1. The molecule has 2 N–H and O–H groups in total. The molecule has 126 valence electrons.